The summed E-state index contributed by atoms with van der Waals surface area (Å²) in [5.41, 5.74) is 2.10. The van der Waals surface area contributed by atoms with E-state index in [-0.39, 0.29) is 16.4 Å². The number of methoxy groups -OCH3 is 1. The second-order valence-corrected chi connectivity index (χ2v) is 8.16. The van der Waals surface area contributed by atoms with Crippen LogP contribution in [0.4, 0.5) is 5.69 Å². The number of fused-ring (bicyclic) bond motifs is 1. The topological polar surface area (TPSA) is 89.7 Å². The van der Waals surface area contributed by atoms with Crippen molar-refractivity contribution < 1.29 is 17.9 Å². The molecule has 1 heterocycles. The Bertz CT molecular complexity index is 944. The molecular formula is C17H17BrN2O4S. The molecule has 1 aliphatic heterocycles. The van der Waals surface area contributed by atoms with Gasteiger partial charge >= 0.3 is 0 Å². The highest BCUT2D eigenvalue weighted by Gasteiger charge is 2.26. The van der Waals surface area contributed by atoms with Gasteiger partial charge in [-0.2, -0.15) is 0 Å². The second-order valence-electron chi connectivity index (χ2n) is 5.74. The number of rotatable bonds is 3. The first-order chi connectivity index (χ1) is 11.8. The van der Waals surface area contributed by atoms with Gasteiger partial charge in [-0.05, 0) is 70.7 Å². The fourth-order valence-corrected chi connectivity index (χ4v) is 3.86. The third-order valence-corrected chi connectivity index (χ3v) is 5.75. The number of carbonyl (C=O) groups is 1. The largest absolute Gasteiger partial charge is 0.497 e. The van der Waals surface area contributed by atoms with Gasteiger partial charge in [-0.15, -0.1) is 0 Å². The first kappa shape index (κ1) is 17.9. The third kappa shape index (κ3) is 3.56. The summed E-state index contributed by atoms with van der Waals surface area (Å²) >= 11 is 3.32. The number of nitrogens with zero attached hydrogens (tertiary/aromatic N) is 1. The van der Waals surface area contributed by atoms with Crippen molar-refractivity contribution in [2.45, 2.75) is 17.7 Å². The van der Waals surface area contributed by atoms with E-state index in [1.54, 1.807) is 18.1 Å². The smallest absolute Gasteiger partial charge is 0.259 e. The van der Waals surface area contributed by atoms with E-state index in [2.05, 4.69) is 15.9 Å². The third-order valence-electron chi connectivity index (χ3n) is 4.15. The van der Waals surface area contributed by atoms with E-state index in [1.165, 1.54) is 18.2 Å². The van der Waals surface area contributed by atoms with Gasteiger partial charge in [0.2, 0.25) is 10.0 Å². The molecule has 0 bridgehead atoms. The number of primary sulfonamides is 1. The molecule has 2 N–H and O–H groups in total. The van der Waals surface area contributed by atoms with E-state index in [1.807, 2.05) is 12.1 Å². The molecule has 2 aromatic carbocycles. The van der Waals surface area contributed by atoms with Crippen molar-refractivity contribution in [3.63, 3.8) is 0 Å². The van der Waals surface area contributed by atoms with Crippen molar-refractivity contribution in [2.24, 2.45) is 5.14 Å². The highest BCUT2D eigenvalue weighted by Crippen LogP contribution is 2.33. The Labute approximate surface area is 154 Å². The fraction of sp³-hybridized carbons (Fsp3) is 0.235. The molecule has 0 spiro atoms. The minimum absolute atomic E-state index is 0.0917. The maximum atomic E-state index is 13.0. The van der Waals surface area contributed by atoms with Gasteiger partial charge in [0.1, 0.15) is 5.75 Å². The molecule has 1 amide bonds. The van der Waals surface area contributed by atoms with Gasteiger partial charge in [0.05, 0.1) is 17.6 Å². The van der Waals surface area contributed by atoms with E-state index < -0.39 is 10.0 Å². The normalized spacial score (nSPS) is 14.1. The van der Waals surface area contributed by atoms with Crippen molar-refractivity contribution in [1.82, 2.24) is 0 Å². The van der Waals surface area contributed by atoms with Crippen LogP contribution in [-0.4, -0.2) is 28.0 Å². The molecule has 0 unspecified atom stereocenters. The molecule has 0 saturated heterocycles. The Kier molecular flexibility index (Phi) is 4.86. The van der Waals surface area contributed by atoms with E-state index in [0.29, 0.717) is 11.0 Å². The molecule has 0 fully saturated rings. The Morgan fingerprint density at radius 2 is 2.00 bits per heavy atom. The van der Waals surface area contributed by atoms with Crippen LogP contribution < -0.4 is 14.8 Å². The summed E-state index contributed by atoms with van der Waals surface area (Å²) in [6.07, 6.45) is 1.67. The van der Waals surface area contributed by atoms with Gasteiger partial charge in [-0.25, -0.2) is 13.6 Å². The van der Waals surface area contributed by atoms with Crippen molar-refractivity contribution in [2.75, 3.05) is 18.6 Å². The van der Waals surface area contributed by atoms with Gasteiger partial charge in [0.25, 0.3) is 5.91 Å². The number of benzene rings is 2. The average molecular weight is 425 g/mol. The zero-order valence-electron chi connectivity index (χ0n) is 13.5. The summed E-state index contributed by atoms with van der Waals surface area (Å²) in [6.45, 7) is 0.560. The highest BCUT2D eigenvalue weighted by atomic mass is 79.9. The predicted octanol–water partition coefficient (Wildman–Crippen LogP) is 2.70. The van der Waals surface area contributed by atoms with Crippen LogP contribution in [0.1, 0.15) is 22.3 Å². The number of carbonyl (C=O) groups excluding carboxylic acids is 1. The molecule has 0 atom stereocenters. The van der Waals surface area contributed by atoms with Crippen LogP contribution in [0.3, 0.4) is 0 Å². The molecule has 6 nitrogen and oxygen atoms in total. The molecule has 0 aromatic heterocycles. The number of hydrogen-bond acceptors (Lipinski definition) is 4. The van der Waals surface area contributed by atoms with E-state index in [9.17, 15) is 13.2 Å². The summed E-state index contributed by atoms with van der Waals surface area (Å²) in [5, 5.41) is 5.18. The Hall–Kier alpha value is -1.90. The van der Waals surface area contributed by atoms with Crippen LogP contribution in [0, 0.1) is 0 Å². The summed E-state index contributed by atoms with van der Waals surface area (Å²) in [6, 6.07) is 9.77. The molecule has 3 rings (SSSR count). The van der Waals surface area contributed by atoms with Gasteiger partial charge in [-0.1, -0.05) is 0 Å². The minimum Gasteiger partial charge on any atom is -0.497 e. The first-order valence-electron chi connectivity index (χ1n) is 7.62. The number of ether oxygens (including phenoxy) is 1. The van der Waals surface area contributed by atoms with Crippen molar-refractivity contribution >= 4 is 37.5 Å². The highest BCUT2D eigenvalue weighted by molar-refractivity contribution is 9.10. The molecule has 25 heavy (non-hydrogen) atoms. The molecule has 0 radical (unpaired) electrons. The second kappa shape index (κ2) is 6.78. The zero-order chi connectivity index (χ0) is 18.2. The number of anilines is 1. The van der Waals surface area contributed by atoms with Crippen LogP contribution >= 0.6 is 15.9 Å². The maximum absolute atomic E-state index is 13.0. The lowest BCUT2D eigenvalue weighted by Gasteiger charge is -2.30. The lowest BCUT2D eigenvalue weighted by atomic mass is 10.0. The summed E-state index contributed by atoms with van der Waals surface area (Å²) in [4.78, 5) is 14.6. The monoisotopic (exact) mass is 424 g/mol. The lowest BCUT2D eigenvalue weighted by molar-refractivity contribution is 0.0984. The zero-order valence-corrected chi connectivity index (χ0v) is 15.9. The summed E-state index contributed by atoms with van der Waals surface area (Å²) in [7, 11) is -2.28. The molecular weight excluding hydrogens is 408 g/mol. The van der Waals surface area contributed by atoms with Crippen LogP contribution in [0.2, 0.25) is 0 Å². The number of aryl methyl sites for hydroxylation is 1. The maximum Gasteiger partial charge on any atom is 0.259 e. The van der Waals surface area contributed by atoms with Gasteiger partial charge in [-0.3, -0.25) is 4.79 Å². The summed E-state index contributed by atoms with van der Waals surface area (Å²) < 4.78 is 28.9. The molecule has 2 aromatic rings. The van der Waals surface area contributed by atoms with E-state index in [0.717, 1.165) is 29.8 Å². The predicted molar refractivity (Wildman–Crippen MR) is 98.5 cm³/mol. The Morgan fingerprint density at radius 3 is 2.68 bits per heavy atom. The number of hydrogen-bond donors (Lipinski definition) is 1. The van der Waals surface area contributed by atoms with Crippen LogP contribution in [0.5, 0.6) is 5.75 Å². The van der Waals surface area contributed by atoms with Crippen molar-refractivity contribution in [3.05, 3.63) is 52.0 Å². The van der Waals surface area contributed by atoms with Gasteiger partial charge in [0, 0.05) is 16.7 Å². The van der Waals surface area contributed by atoms with Crippen molar-refractivity contribution in [1.29, 1.82) is 0 Å². The number of sulfonamides is 1. The minimum atomic E-state index is -3.88. The van der Waals surface area contributed by atoms with Crippen LogP contribution in [-0.2, 0) is 16.4 Å². The molecule has 1 aliphatic rings. The van der Waals surface area contributed by atoms with Crippen LogP contribution in [0.25, 0.3) is 0 Å². The first-order valence-corrected chi connectivity index (χ1v) is 9.96. The quantitative estimate of drug-likeness (QED) is 0.819. The standard InChI is InChI=1S/C17H17BrN2O4S/c1-24-12-4-7-16-11(9-12)3-2-8-20(16)17(21)14-10-13(25(19,22)23)5-6-15(14)18/h4-7,9-10H,2-3,8H2,1H3,(H2,19,22,23). The number of nitrogens with two attached hydrogens (primary N) is 1. The number of halogens is 1. The van der Waals surface area contributed by atoms with Crippen molar-refractivity contribution in [3.8, 4) is 5.75 Å². The molecule has 0 aliphatic carbocycles. The number of amides is 1. The van der Waals surface area contributed by atoms with Gasteiger partial charge < -0.3 is 9.64 Å². The average Bonchev–Trinajstić information content (AvgIpc) is 2.59. The fourth-order valence-electron chi connectivity index (χ4n) is 2.90. The Morgan fingerprint density at radius 1 is 1.24 bits per heavy atom. The summed E-state index contributed by atoms with van der Waals surface area (Å²) in [5.74, 6) is 0.467. The van der Waals surface area contributed by atoms with E-state index in [4.69, 9.17) is 9.88 Å². The SMILES string of the molecule is COc1ccc2c(c1)CCCN2C(=O)c1cc(S(N)(=O)=O)ccc1Br. The lowest BCUT2D eigenvalue weighted by Crippen LogP contribution is -2.35. The molecule has 8 heteroatoms. The molecule has 0 saturated carbocycles. The van der Waals surface area contributed by atoms with Gasteiger partial charge in [0.15, 0.2) is 0 Å². The van der Waals surface area contributed by atoms with Crippen LogP contribution in [0.15, 0.2) is 45.8 Å². The van der Waals surface area contributed by atoms with E-state index >= 15 is 0 Å². The molecule has 132 valence electrons. The Balaban J connectivity index is 2.03.